The lowest BCUT2D eigenvalue weighted by atomic mass is 9.95. The molecule has 0 saturated carbocycles. The van der Waals surface area contributed by atoms with Crippen molar-refractivity contribution in [3.63, 3.8) is 0 Å². The summed E-state index contributed by atoms with van der Waals surface area (Å²) in [7, 11) is 1.57. The quantitative estimate of drug-likeness (QED) is 0.282. The predicted molar refractivity (Wildman–Crippen MR) is 136 cm³/mol. The average molecular weight is 472 g/mol. The second-order valence-corrected chi connectivity index (χ2v) is 8.98. The number of aliphatic hydroxyl groups excluding tert-OH is 1. The van der Waals surface area contributed by atoms with Crippen molar-refractivity contribution in [3.05, 3.63) is 94.6 Å². The largest absolute Gasteiger partial charge is 0.507 e. The van der Waals surface area contributed by atoms with Crippen molar-refractivity contribution < 1.29 is 24.2 Å². The molecule has 35 heavy (non-hydrogen) atoms. The molecular weight excluding hydrogens is 442 g/mol. The lowest BCUT2D eigenvalue weighted by Gasteiger charge is -2.26. The standard InChI is InChI=1S/C29H29NO5/c1-17(2)35-24-8-6-7-21(16-24)27(31)25-26(20-9-11-23(34-5)12-10-20)30(29(33)28(25)32)22-14-18(3)13-19(4)15-22/h6-17,26,31H,1-5H3/b27-25+. The van der Waals surface area contributed by atoms with Gasteiger partial charge in [0.15, 0.2) is 0 Å². The number of hydrogen-bond donors (Lipinski definition) is 1. The first-order valence-electron chi connectivity index (χ1n) is 11.5. The Hall–Kier alpha value is -4.06. The molecule has 1 heterocycles. The number of ether oxygens (including phenoxy) is 2. The van der Waals surface area contributed by atoms with Gasteiger partial charge in [0.2, 0.25) is 0 Å². The third-order valence-corrected chi connectivity index (χ3v) is 5.84. The number of Topliss-reactive ketones (excluding diaryl/α,β-unsaturated/α-hetero) is 1. The van der Waals surface area contributed by atoms with Crippen molar-refractivity contribution >= 4 is 23.1 Å². The SMILES string of the molecule is COc1ccc(C2/C(=C(\O)c3cccc(OC(C)C)c3)C(=O)C(=O)N2c2cc(C)cc(C)c2)cc1. The first kappa shape index (κ1) is 24.1. The molecule has 1 unspecified atom stereocenters. The van der Waals surface area contributed by atoms with Crippen LogP contribution in [0.15, 0.2) is 72.3 Å². The van der Waals surface area contributed by atoms with Gasteiger partial charge in [-0.05, 0) is 80.8 Å². The van der Waals surface area contributed by atoms with Crippen LogP contribution >= 0.6 is 0 Å². The van der Waals surface area contributed by atoms with Crippen LogP contribution < -0.4 is 14.4 Å². The molecular formula is C29H29NO5. The number of carbonyl (C=O) groups is 2. The zero-order valence-electron chi connectivity index (χ0n) is 20.5. The number of benzene rings is 3. The Morgan fingerprint density at radius 2 is 1.57 bits per heavy atom. The number of methoxy groups -OCH3 is 1. The molecule has 1 fully saturated rings. The van der Waals surface area contributed by atoms with E-state index in [9.17, 15) is 14.7 Å². The molecule has 1 atom stereocenters. The van der Waals surface area contributed by atoms with E-state index in [2.05, 4.69) is 0 Å². The smallest absolute Gasteiger partial charge is 0.300 e. The summed E-state index contributed by atoms with van der Waals surface area (Å²) in [4.78, 5) is 28.2. The average Bonchev–Trinajstić information content (AvgIpc) is 3.08. The van der Waals surface area contributed by atoms with E-state index in [4.69, 9.17) is 9.47 Å². The number of nitrogens with zero attached hydrogens (tertiary/aromatic N) is 1. The van der Waals surface area contributed by atoms with Gasteiger partial charge in [0.25, 0.3) is 11.7 Å². The third kappa shape index (κ3) is 4.78. The Bertz CT molecular complexity index is 1290. The lowest BCUT2D eigenvalue weighted by molar-refractivity contribution is -0.132. The lowest BCUT2D eigenvalue weighted by Crippen LogP contribution is -2.29. The highest BCUT2D eigenvalue weighted by Gasteiger charge is 2.47. The molecule has 0 aliphatic carbocycles. The minimum Gasteiger partial charge on any atom is -0.507 e. The van der Waals surface area contributed by atoms with E-state index in [-0.39, 0.29) is 17.4 Å². The second kappa shape index (κ2) is 9.66. The van der Waals surface area contributed by atoms with Gasteiger partial charge in [-0.2, -0.15) is 0 Å². The monoisotopic (exact) mass is 471 g/mol. The molecule has 0 bridgehead atoms. The number of rotatable bonds is 6. The molecule has 0 spiro atoms. The molecule has 0 radical (unpaired) electrons. The molecule has 3 aromatic carbocycles. The molecule has 3 aromatic rings. The van der Waals surface area contributed by atoms with E-state index in [0.717, 1.165) is 11.1 Å². The predicted octanol–water partition coefficient (Wildman–Crippen LogP) is 5.73. The topological polar surface area (TPSA) is 76.1 Å². The summed E-state index contributed by atoms with van der Waals surface area (Å²) in [6.45, 7) is 7.70. The molecule has 4 rings (SSSR count). The van der Waals surface area contributed by atoms with Crippen LogP contribution in [-0.2, 0) is 9.59 Å². The molecule has 1 aliphatic heterocycles. The fraction of sp³-hybridized carbons (Fsp3) is 0.241. The maximum Gasteiger partial charge on any atom is 0.300 e. The highest BCUT2D eigenvalue weighted by atomic mass is 16.5. The number of carbonyl (C=O) groups excluding carboxylic acids is 2. The number of aryl methyl sites for hydroxylation is 2. The Labute approximate surface area is 205 Å². The molecule has 1 saturated heterocycles. The molecule has 0 aromatic heterocycles. The van der Waals surface area contributed by atoms with Gasteiger partial charge in [0.05, 0.1) is 24.8 Å². The minimum absolute atomic E-state index is 0.0287. The van der Waals surface area contributed by atoms with Crippen molar-refractivity contribution in [2.24, 2.45) is 0 Å². The fourth-order valence-corrected chi connectivity index (χ4v) is 4.43. The van der Waals surface area contributed by atoms with Crippen LogP contribution in [0, 0.1) is 13.8 Å². The summed E-state index contributed by atoms with van der Waals surface area (Å²) in [5, 5.41) is 11.4. The van der Waals surface area contributed by atoms with Crippen LogP contribution in [0.25, 0.3) is 5.76 Å². The van der Waals surface area contributed by atoms with Gasteiger partial charge in [-0.1, -0.05) is 30.3 Å². The minimum atomic E-state index is -0.809. The van der Waals surface area contributed by atoms with Crippen LogP contribution in [-0.4, -0.2) is 30.0 Å². The van der Waals surface area contributed by atoms with Gasteiger partial charge in [-0.15, -0.1) is 0 Å². The Morgan fingerprint density at radius 3 is 2.17 bits per heavy atom. The van der Waals surface area contributed by atoms with Crippen molar-refractivity contribution in [2.45, 2.75) is 39.8 Å². The van der Waals surface area contributed by atoms with Crippen LogP contribution in [0.4, 0.5) is 5.69 Å². The van der Waals surface area contributed by atoms with Crippen molar-refractivity contribution in [1.82, 2.24) is 0 Å². The number of ketones is 1. The third-order valence-electron chi connectivity index (χ3n) is 5.84. The van der Waals surface area contributed by atoms with Crippen molar-refractivity contribution in [3.8, 4) is 11.5 Å². The zero-order valence-corrected chi connectivity index (χ0v) is 20.5. The molecule has 180 valence electrons. The Morgan fingerprint density at radius 1 is 0.914 bits per heavy atom. The highest BCUT2D eigenvalue weighted by molar-refractivity contribution is 6.51. The van der Waals surface area contributed by atoms with E-state index in [0.29, 0.717) is 28.3 Å². The number of aliphatic hydroxyl groups is 1. The van der Waals surface area contributed by atoms with Crippen molar-refractivity contribution in [2.75, 3.05) is 12.0 Å². The summed E-state index contributed by atoms with van der Waals surface area (Å²) in [5.41, 5.74) is 3.64. The summed E-state index contributed by atoms with van der Waals surface area (Å²) < 4.78 is 11.0. The number of anilines is 1. The maximum atomic E-state index is 13.4. The summed E-state index contributed by atoms with van der Waals surface area (Å²) in [6, 6.07) is 19.0. The first-order valence-corrected chi connectivity index (χ1v) is 11.5. The highest BCUT2D eigenvalue weighted by Crippen LogP contribution is 2.43. The van der Waals surface area contributed by atoms with Gasteiger partial charge in [0.1, 0.15) is 17.3 Å². The van der Waals surface area contributed by atoms with Crippen LogP contribution in [0.2, 0.25) is 0 Å². The fourth-order valence-electron chi connectivity index (χ4n) is 4.43. The van der Waals surface area contributed by atoms with Gasteiger partial charge in [-0.25, -0.2) is 0 Å². The second-order valence-electron chi connectivity index (χ2n) is 8.98. The van der Waals surface area contributed by atoms with E-state index >= 15 is 0 Å². The molecule has 6 heteroatoms. The van der Waals surface area contributed by atoms with Crippen LogP contribution in [0.3, 0.4) is 0 Å². The van der Waals surface area contributed by atoms with Gasteiger partial charge in [-0.3, -0.25) is 14.5 Å². The maximum absolute atomic E-state index is 13.4. The van der Waals surface area contributed by atoms with E-state index < -0.39 is 17.7 Å². The summed E-state index contributed by atoms with van der Waals surface area (Å²) >= 11 is 0. The van der Waals surface area contributed by atoms with Crippen LogP contribution in [0.1, 0.15) is 42.1 Å². The van der Waals surface area contributed by atoms with E-state index in [1.54, 1.807) is 55.6 Å². The molecule has 1 aliphatic rings. The van der Waals surface area contributed by atoms with Gasteiger partial charge in [0, 0.05) is 11.3 Å². The molecule has 6 nitrogen and oxygen atoms in total. The number of hydrogen-bond acceptors (Lipinski definition) is 5. The first-order chi connectivity index (χ1) is 16.7. The van der Waals surface area contributed by atoms with Gasteiger partial charge < -0.3 is 14.6 Å². The van der Waals surface area contributed by atoms with Crippen LogP contribution in [0.5, 0.6) is 11.5 Å². The van der Waals surface area contributed by atoms with Gasteiger partial charge >= 0.3 is 0 Å². The number of amides is 1. The van der Waals surface area contributed by atoms with E-state index in [1.165, 1.54) is 4.90 Å². The zero-order chi connectivity index (χ0) is 25.3. The normalized spacial score (nSPS) is 17.2. The molecule has 1 N–H and O–H groups in total. The molecule has 1 amide bonds. The summed E-state index contributed by atoms with van der Waals surface area (Å²) in [6.07, 6.45) is -0.0539. The van der Waals surface area contributed by atoms with Crippen molar-refractivity contribution in [1.29, 1.82) is 0 Å². The Balaban J connectivity index is 1.92. The van der Waals surface area contributed by atoms with E-state index in [1.807, 2.05) is 45.9 Å². The Kier molecular flexibility index (Phi) is 6.65. The summed E-state index contributed by atoms with van der Waals surface area (Å²) in [5.74, 6) is -0.459.